The van der Waals surface area contributed by atoms with Gasteiger partial charge in [-0.2, -0.15) is 32.1 Å². The molecule has 0 heterocycles. The van der Waals surface area contributed by atoms with Gasteiger partial charge in [0.15, 0.2) is 6.61 Å². The van der Waals surface area contributed by atoms with Gasteiger partial charge in [-0.05, 0) is 42.0 Å². The van der Waals surface area contributed by atoms with Gasteiger partial charge in [0.05, 0.1) is 23.0 Å². The minimum absolute atomic E-state index is 0.172. The summed E-state index contributed by atoms with van der Waals surface area (Å²) in [5, 5.41) is 4.65. The molecule has 11 heteroatoms. The number of nitrogens with zero attached hydrogens (tertiary/aromatic N) is 2. The number of alkyl halides is 5. The molecule has 182 valence electrons. The Hall–Kier alpha value is -4.28. The Bertz CT molecular complexity index is 1200. The van der Waals surface area contributed by atoms with Crippen LogP contribution >= 0.6 is 0 Å². The monoisotopic (exact) mass is 492 g/mol. The quantitative estimate of drug-likeness (QED) is 0.180. The van der Waals surface area contributed by atoms with Crippen LogP contribution in [-0.2, 0) is 15.7 Å². The minimum atomic E-state index is -4.66. The fraction of sp³-hybridized carbons (Fsp3) is 0.125. The highest BCUT2D eigenvalue weighted by atomic mass is 19.4. The van der Waals surface area contributed by atoms with Gasteiger partial charge in [0.2, 0.25) is 0 Å². The van der Waals surface area contributed by atoms with Crippen LogP contribution in [0.5, 0.6) is 5.75 Å². The first-order valence-corrected chi connectivity index (χ1v) is 9.95. The van der Waals surface area contributed by atoms with Crippen LogP contribution in [0.2, 0.25) is 0 Å². The third-order valence-corrected chi connectivity index (χ3v) is 4.40. The van der Waals surface area contributed by atoms with Crippen molar-refractivity contribution in [2.45, 2.75) is 12.8 Å². The third kappa shape index (κ3) is 7.36. The summed E-state index contributed by atoms with van der Waals surface area (Å²) in [7, 11) is 0. The van der Waals surface area contributed by atoms with E-state index in [1.165, 1.54) is 30.5 Å². The van der Waals surface area contributed by atoms with Crippen LogP contribution in [0.25, 0.3) is 0 Å². The van der Waals surface area contributed by atoms with Crippen molar-refractivity contribution in [3.63, 3.8) is 0 Å². The van der Waals surface area contributed by atoms with Gasteiger partial charge in [0, 0.05) is 0 Å². The topological polar surface area (TPSA) is 68.2 Å². The van der Waals surface area contributed by atoms with Crippen molar-refractivity contribution in [2.24, 2.45) is 5.10 Å². The van der Waals surface area contributed by atoms with E-state index in [4.69, 9.17) is 4.74 Å². The number of amides is 1. The van der Waals surface area contributed by atoms with Crippen LogP contribution in [-0.4, -0.2) is 31.3 Å². The largest absolute Gasteiger partial charge is 0.452 e. The molecule has 0 unspecified atom stereocenters. The molecule has 0 atom stereocenters. The van der Waals surface area contributed by atoms with Crippen molar-refractivity contribution >= 4 is 23.8 Å². The lowest BCUT2D eigenvalue weighted by molar-refractivity contribution is -0.137. The molecule has 0 aliphatic rings. The number of halogens is 5. The molecule has 0 spiro atoms. The van der Waals surface area contributed by atoms with Crippen LogP contribution in [0.3, 0.4) is 0 Å². The van der Waals surface area contributed by atoms with E-state index in [0.717, 1.165) is 24.3 Å². The molecule has 0 aliphatic heterocycles. The molecule has 0 N–H and O–H groups in total. The number of carbonyl (C=O) groups is 2. The van der Waals surface area contributed by atoms with Crippen LogP contribution in [0, 0.1) is 0 Å². The number of benzene rings is 3. The van der Waals surface area contributed by atoms with E-state index in [-0.39, 0.29) is 17.0 Å². The molecule has 0 radical (unpaired) electrons. The SMILES string of the molecule is O=C(OCC(=O)N(N=Cc1ccccc1)c1cccc(C(F)(F)F)c1)c1cccc(OC(F)F)c1. The van der Waals surface area contributed by atoms with Crippen LogP contribution in [0.4, 0.5) is 27.6 Å². The van der Waals surface area contributed by atoms with Crippen LogP contribution in [0.15, 0.2) is 84.0 Å². The zero-order valence-electron chi connectivity index (χ0n) is 17.8. The smallest absolute Gasteiger partial charge is 0.416 e. The van der Waals surface area contributed by atoms with Crippen molar-refractivity contribution in [1.29, 1.82) is 0 Å². The summed E-state index contributed by atoms with van der Waals surface area (Å²) in [5.74, 6) is -2.28. The highest BCUT2D eigenvalue weighted by molar-refractivity contribution is 5.98. The van der Waals surface area contributed by atoms with Gasteiger partial charge in [0.1, 0.15) is 5.75 Å². The summed E-state index contributed by atoms with van der Waals surface area (Å²) < 4.78 is 73.4. The van der Waals surface area contributed by atoms with Crippen LogP contribution < -0.4 is 9.75 Å². The molecule has 3 rings (SSSR count). The van der Waals surface area contributed by atoms with E-state index in [0.29, 0.717) is 10.6 Å². The molecular weight excluding hydrogens is 475 g/mol. The first-order chi connectivity index (χ1) is 16.6. The maximum atomic E-state index is 13.2. The molecule has 3 aromatic rings. The van der Waals surface area contributed by atoms with Gasteiger partial charge in [-0.15, -0.1) is 0 Å². The molecule has 6 nitrogen and oxygen atoms in total. The molecular formula is C24H17F5N2O4. The van der Waals surface area contributed by atoms with E-state index in [1.54, 1.807) is 30.3 Å². The van der Waals surface area contributed by atoms with Crippen molar-refractivity contribution in [3.8, 4) is 5.75 Å². The maximum Gasteiger partial charge on any atom is 0.416 e. The van der Waals surface area contributed by atoms with Gasteiger partial charge in [-0.3, -0.25) is 4.79 Å². The average Bonchev–Trinajstić information content (AvgIpc) is 2.83. The number of carbonyl (C=O) groups excluding carboxylic acids is 2. The lowest BCUT2D eigenvalue weighted by atomic mass is 10.2. The van der Waals surface area contributed by atoms with Crippen molar-refractivity contribution < 1.29 is 41.0 Å². The summed E-state index contributed by atoms with van der Waals surface area (Å²) in [4.78, 5) is 25.1. The van der Waals surface area contributed by atoms with E-state index in [9.17, 15) is 31.5 Å². The molecule has 0 bridgehead atoms. The Morgan fingerprint density at radius 1 is 0.943 bits per heavy atom. The lowest BCUT2D eigenvalue weighted by Gasteiger charge is -2.18. The summed E-state index contributed by atoms with van der Waals surface area (Å²) in [6.07, 6.45) is -3.41. The predicted octanol–water partition coefficient (Wildman–Crippen LogP) is 5.53. The summed E-state index contributed by atoms with van der Waals surface area (Å²) in [6.45, 7) is -3.99. The number of ether oxygens (including phenoxy) is 2. The second kappa shape index (κ2) is 11.2. The van der Waals surface area contributed by atoms with E-state index in [2.05, 4.69) is 9.84 Å². The number of hydrazone groups is 1. The zero-order valence-corrected chi connectivity index (χ0v) is 17.8. The average molecular weight is 492 g/mol. The summed E-state index contributed by atoms with van der Waals surface area (Å²) >= 11 is 0. The number of esters is 1. The molecule has 35 heavy (non-hydrogen) atoms. The number of hydrogen-bond donors (Lipinski definition) is 0. The van der Waals surface area contributed by atoms with Gasteiger partial charge in [-0.25, -0.2) is 4.79 Å². The van der Waals surface area contributed by atoms with Crippen molar-refractivity contribution in [2.75, 3.05) is 11.6 Å². The normalized spacial score (nSPS) is 11.5. The standard InChI is InChI=1S/C24H17F5N2O4/c25-23(26)35-20-11-4-8-17(12-20)22(33)34-15-21(32)31(30-14-16-6-2-1-3-7-16)19-10-5-9-18(13-19)24(27,28)29/h1-14,23H,15H2. The molecule has 3 aromatic carbocycles. The van der Waals surface area contributed by atoms with Gasteiger partial charge in [0.25, 0.3) is 5.91 Å². The zero-order chi connectivity index (χ0) is 25.4. The Kier molecular flexibility index (Phi) is 8.13. The second-order valence-electron chi connectivity index (χ2n) is 6.89. The summed E-state index contributed by atoms with van der Waals surface area (Å²) in [6, 6.07) is 17.1. The predicted molar refractivity (Wildman–Crippen MR) is 116 cm³/mol. The Labute approximate surface area is 196 Å². The van der Waals surface area contributed by atoms with Crippen molar-refractivity contribution in [3.05, 3.63) is 95.6 Å². The highest BCUT2D eigenvalue weighted by Crippen LogP contribution is 2.32. The number of hydrogen-bond acceptors (Lipinski definition) is 5. The van der Waals surface area contributed by atoms with E-state index >= 15 is 0 Å². The number of rotatable bonds is 8. The number of anilines is 1. The second-order valence-corrected chi connectivity index (χ2v) is 6.89. The first-order valence-electron chi connectivity index (χ1n) is 9.95. The lowest BCUT2D eigenvalue weighted by Crippen LogP contribution is -2.31. The fourth-order valence-electron chi connectivity index (χ4n) is 2.82. The van der Waals surface area contributed by atoms with Crippen molar-refractivity contribution in [1.82, 2.24) is 0 Å². The fourth-order valence-corrected chi connectivity index (χ4v) is 2.82. The van der Waals surface area contributed by atoms with E-state index < -0.39 is 36.8 Å². The highest BCUT2D eigenvalue weighted by Gasteiger charge is 2.31. The first kappa shape index (κ1) is 25.3. The maximum absolute atomic E-state index is 13.2. The van der Waals surface area contributed by atoms with Gasteiger partial charge >= 0.3 is 18.8 Å². The van der Waals surface area contributed by atoms with E-state index in [1.807, 2.05) is 0 Å². The van der Waals surface area contributed by atoms with Gasteiger partial charge < -0.3 is 9.47 Å². The molecule has 1 amide bonds. The molecule has 0 saturated heterocycles. The molecule has 0 aromatic heterocycles. The molecule has 0 aliphatic carbocycles. The minimum Gasteiger partial charge on any atom is -0.452 e. The molecule has 0 saturated carbocycles. The Morgan fingerprint density at radius 2 is 1.66 bits per heavy atom. The molecule has 0 fully saturated rings. The Morgan fingerprint density at radius 3 is 2.34 bits per heavy atom. The van der Waals surface area contributed by atoms with Gasteiger partial charge in [-0.1, -0.05) is 42.5 Å². The summed E-state index contributed by atoms with van der Waals surface area (Å²) in [5.41, 5.74) is -0.824. The van der Waals surface area contributed by atoms with Crippen LogP contribution in [0.1, 0.15) is 21.5 Å². The Balaban J connectivity index is 1.80. The third-order valence-electron chi connectivity index (χ3n) is 4.40.